The second kappa shape index (κ2) is 12.6. The van der Waals surface area contributed by atoms with E-state index in [9.17, 15) is 5.11 Å². The van der Waals surface area contributed by atoms with Gasteiger partial charge >= 0.3 is 0 Å². The van der Waals surface area contributed by atoms with Crippen molar-refractivity contribution < 1.29 is 18.7 Å². The molecule has 5 nitrogen and oxygen atoms in total. The van der Waals surface area contributed by atoms with E-state index >= 15 is 4.39 Å². The number of hydrogen-bond acceptors (Lipinski definition) is 6. The molecule has 0 radical (unpaired) electrons. The lowest BCUT2D eigenvalue weighted by Gasteiger charge is -2.43. The molecule has 1 saturated heterocycles. The molecule has 1 aliphatic heterocycles. The molecule has 1 aromatic heterocycles. The zero-order valence-electron chi connectivity index (χ0n) is 24.7. The van der Waals surface area contributed by atoms with E-state index in [1.165, 1.54) is 11.3 Å². The Hall–Kier alpha value is -2.59. The molecule has 2 heterocycles. The Morgan fingerprint density at radius 2 is 1.64 bits per heavy atom. The Kier molecular flexibility index (Phi) is 9.23. The first-order chi connectivity index (χ1) is 20.0. The van der Waals surface area contributed by atoms with Crippen molar-refractivity contribution >= 4 is 47.3 Å². The first-order valence-electron chi connectivity index (χ1n) is 14.3. The van der Waals surface area contributed by atoms with Crippen LogP contribution in [-0.4, -0.2) is 43.7 Å². The molecule has 0 saturated carbocycles. The number of benzene rings is 3. The maximum Gasteiger partial charge on any atom is 0.261 e. The normalized spacial score (nSPS) is 18.7. The van der Waals surface area contributed by atoms with Crippen LogP contribution in [0.1, 0.15) is 56.7 Å². The highest BCUT2D eigenvalue weighted by molar-refractivity contribution is 7.09. The maximum absolute atomic E-state index is 16.0. The van der Waals surface area contributed by atoms with E-state index in [0.29, 0.717) is 23.7 Å². The Bertz CT molecular complexity index is 1440. The molecule has 1 fully saturated rings. The van der Waals surface area contributed by atoms with E-state index < -0.39 is 20.2 Å². The molecule has 4 aromatic rings. The number of nitrogens with zero attached hydrogens (tertiary/aromatic N) is 2. The molecule has 3 aromatic carbocycles. The Morgan fingerprint density at radius 3 is 2.14 bits per heavy atom. The van der Waals surface area contributed by atoms with Gasteiger partial charge < -0.3 is 19.2 Å². The molecule has 1 aliphatic rings. The van der Waals surface area contributed by atoms with Crippen molar-refractivity contribution in [3.63, 3.8) is 0 Å². The molecule has 5 rings (SSSR count). The smallest absolute Gasteiger partial charge is 0.261 e. The number of halogens is 2. The van der Waals surface area contributed by atoms with Crippen LogP contribution < -0.4 is 15.3 Å². The van der Waals surface area contributed by atoms with Crippen molar-refractivity contribution in [2.75, 3.05) is 18.0 Å². The summed E-state index contributed by atoms with van der Waals surface area (Å²) in [5, 5.41) is 13.3. The number of aliphatic hydroxyl groups excluding tert-OH is 1. The van der Waals surface area contributed by atoms with Gasteiger partial charge in [0.1, 0.15) is 16.9 Å². The van der Waals surface area contributed by atoms with Gasteiger partial charge in [-0.25, -0.2) is 4.39 Å². The van der Waals surface area contributed by atoms with Crippen molar-refractivity contribution in [2.45, 2.75) is 64.6 Å². The number of morpholine rings is 1. The van der Waals surface area contributed by atoms with E-state index in [2.05, 4.69) is 79.2 Å². The monoisotopic (exact) mass is 624 g/mol. The first-order valence-corrected chi connectivity index (χ1v) is 17.4. The van der Waals surface area contributed by atoms with Crippen molar-refractivity contribution in [2.24, 2.45) is 0 Å². The molecule has 3 atom stereocenters. The predicted molar refractivity (Wildman–Crippen MR) is 172 cm³/mol. The number of anilines is 1. The summed E-state index contributed by atoms with van der Waals surface area (Å²) in [6.07, 6.45) is 0.250. The van der Waals surface area contributed by atoms with Gasteiger partial charge in [0.25, 0.3) is 8.32 Å². The zero-order valence-corrected chi connectivity index (χ0v) is 27.3. The van der Waals surface area contributed by atoms with Gasteiger partial charge in [-0.15, -0.1) is 11.3 Å². The van der Waals surface area contributed by atoms with Gasteiger partial charge in [-0.3, -0.25) is 4.98 Å². The highest BCUT2D eigenvalue weighted by Crippen LogP contribution is 2.42. The third-order valence-corrected chi connectivity index (χ3v) is 14.1. The minimum atomic E-state index is -2.91. The highest BCUT2D eigenvalue weighted by Gasteiger charge is 2.50. The quantitative estimate of drug-likeness (QED) is 0.221. The van der Waals surface area contributed by atoms with Crippen molar-refractivity contribution in [3.8, 4) is 0 Å². The first kappa shape index (κ1) is 30.9. The molecule has 0 amide bonds. The maximum atomic E-state index is 16.0. The van der Waals surface area contributed by atoms with Gasteiger partial charge in [-0.2, -0.15) is 0 Å². The van der Waals surface area contributed by atoms with Gasteiger partial charge in [0.05, 0.1) is 34.9 Å². The Balaban J connectivity index is 1.67. The summed E-state index contributed by atoms with van der Waals surface area (Å²) in [6, 6.07) is 22.5. The average molecular weight is 625 g/mol. The van der Waals surface area contributed by atoms with Crippen molar-refractivity contribution in [1.82, 2.24) is 4.98 Å². The fourth-order valence-electron chi connectivity index (χ4n) is 6.16. The van der Waals surface area contributed by atoms with Gasteiger partial charge in [-0.05, 0) is 35.3 Å². The number of ether oxygens (including phenoxy) is 1. The Morgan fingerprint density at radius 1 is 1.07 bits per heavy atom. The van der Waals surface area contributed by atoms with Crippen LogP contribution in [0, 0.1) is 5.82 Å². The van der Waals surface area contributed by atoms with Crippen LogP contribution in [0.4, 0.5) is 10.1 Å². The molecule has 9 heteroatoms. The van der Waals surface area contributed by atoms with E-state index in [-0.39, 0.29) is 34.4 Å². The van der Waals surface area contributed by atoms with Crippen LogP contribution in [0.25, 0.3) is 0 Å². The summed E-state index contributed by atoms with van der Waals surface area (Å²) in [5.41, 5.74) is 3.06. The lowest BCUT2D eigenvalue weighted by atomic mass is 10.0. The summed E-state index contributed by atoms with van der Waals surface area (Å²) in [5.74, 6) is -0.631. The second-order valence-electron chi connectivity index (χ2n) is 12.0. The van der Waals surface area contributed by atoms with Crippen molar-refractivity contribution in [3.05, 3.63) is 105 Å². The molecular formula is C33H38ClFN2O3SSi. The average Bonchev–Trinajstić information content (AvgIpc) is 3.50. The summed E-state index contributed by atoms with van der Waals surface area (Å²) >= 11 is 8.16. The van der Waals surface area contributed by atoms with Crippen LogP contribution in [0.2, 0.25) is 10.1 Å². The van der Waals surface area contributed by atoms with E-state index in [1.54, 1.807) is 17.8 Å². The van der Waals surface area contributed by atoms with Gasteiger partial charge in [-0.1, -0.05) is 93.0 Å². The molecule has 1 unspecified atom stereocenters. The van der Waals surface area contributed by atoms with Crippen LogP contribution in [-0.2, 0) is 15.8 Å². The summed E-state index contributed by atoms with van der Waals surface area (Å²) in [4.78, 5) is 6.72. The lowest BCUT2D eigenvalue weighted by molar-refractivity contribution is -0.00532. The summed E-state index contributed by atoms with van der Waals surface area (Å²) < 4.78 is 29.3. The lowest BCUT2D eigenvalue weighted by Crippen LogP contribution is -2.66. The number of rotatable bonds is 8. The fraction of sp³-hybridized carbons (Fsp3) is 0.364. The fourth-order valence-corrected chi connectivity index (χ4v) is 11.7. The third kappa shape index (κ3) is 5.93. The second-order valence-corrected chi connectivity index (χ2v) is 17.6. The van der Waals surface area contributed by atoms with Crippen LogP contribution in [0.15, 0.2) is 78.4 Å². The van der Waals surface area contributed by atoms with E-state index in [1.807, 2.05) is 26.0 Å². The van der Waals surface area contributed by atoms with E-state index in [4.69, 9.17) is 20.8 Å². The van der Waals surface area contributed by atoms with Gasteiger partial charge in [0.15, 0.2) is 0 Å². The van der Waals surface area contributed by atoms with Crippen LogP contribution >= 0.6 is 22.9 Å². The SMILES string of the molecule is C[C@@H]1CN(c2c(CO[Si](c3ccccc3)(c3ccccc3)C(C)(C)C)cc(C(O)c3cncs3)c(F)c2Cl)C[C@H](C)O1. The number of thiazole rings is 1. The molecule has 42 heavy (non-hydrogen) atoms. The minimum absolute atomic E-state index is 0.0154. The minimum Gasteiger partial charge on any atom is -0.403 e. The standard InChI is InChI=1S/C33H38ClFN2O3SSi/c1-22-18-37(19-23(2)40-22)31-24(16-27(30(35)29(31)34)32(38)28-17-36-21-41-28)20-39-42(33(3,4)5,25-12-8-6-9-13-25)26-14-10-7-11-15-26/h6-17,21-23,32,38H,18-20H2,1-5H3/t22-,23+,32?. The number of aliphatic hydroxyl groups is 1. The van der Waals surface area contributed by atoms with Crippen LogP contribution in [0.3, 0.4) is 0 Å². The third-order valence-electron chi connectivity index (χ3n) is 7.90. The molecule has 0 bridgehead atoms. The number of aromatic nitrogens is 1. The molecular weight excluding hydrogens is 587 g/mol. The number of hydrogen-bond donors (Lipinski definition) is 1. The predicted octanol–water partition coefficient (Wildman–Crippen LogP) is 6.71. The highest BCUT2D eigenvalue weighted by atomic mass is 35.5. The van der Waals surface area contributed by atoms with Crippen LogP contribution in [0.5, 0.6) is 0 Å². The largest absolute Gasteiger partial charge is 0.403 e. The van der Waals surface area contributed by atoms with Gasteiger partial charge in [0, 0.05) is 30.4 Å². The van der Waals surface area contributed by atoms with Gasteiger partial charge in [0.2, 0.25) is 0 Å². The summed E-state index contributed by atoms with van der Waals surface area (Å²) in [6.45, 7) is 12.0. The molecule has 222 valence electrons. The topological polar surface area (TPSA) is 54.8 Å². The zero-order chi connectivity index (χ0) is 30.1. The van der Waals surface area contributed by atoms with Crippen molar-refractivity contribution in [1.29, 1.82) is 0 Å². The molecule has 0 spiro atoms. The molecule has 0 aliphatic carbocycles. The summed E-state index contributed by atoms with van der Waals surface area (Å²) in [7, 11) is -2.91. The Labute approximate surface area is 258 Å². The van der Waals surface area contributed by atoms with E-state index in [0.717, 1.165) is 15.9 Å². The molecule has 1 N–H and O–H groups in total.